The van der Waals surface area contributed by atoms with E-state index in [-0.39, 0.29) is 6.61 Å². The van der Waals surface area contributed by atoms with Crippen molar-refractivity contribution in [3.05, 3.63) is 83.4 Å². The fraction of sp³-hybridized carbons (Fsp3) is 0.136. The molecule has 0 heterocycles. The molecule has 5 N–H and O–H groups in total. The molecule has 3 rings (SSSR count). The van der Waals surface area contributed by atoms with Gasteiger partial charge in [0.2, 0.25) is 0 Å². The van der Waals surface area contributed by atoms with Crippen LogP contribution in [0.1, 0.15) is 16.7 Å². The van der Waals surface area contributed by atoms with Crippen molar-refractivity contribution in [2.45, 2.75) is 20.5 Å². The molecule has 144 valence electrons. The fourth-order valence-corrected chi connectivity index (χ4v) is 3.06. The van der Waals surface area contributed by atoms with Crippen molar-refractivity contribution in [2.24, 2.45) is 11.7 Å². The van der Waals surface area contributed by atoms with Gasteiger partial charge in [0, 0.05) is 5.56 Å². The number of ether oxygens (including phenoxy) is 1. The van der Waals surface area contributed by atoms with Gasteiger partial charge in [0.05, 0.1) is 5.69 Å². The Hall–Kier alpha value is -3.35. The van der Waals surface area contributed by atoms with E-state index in [1.807, 2.05) is 61.7 Å². The molecule has 0 fully saturated rings. The van der Waals surface area contributed by atoms with Crippen LogP contribution in [-0.4, -0.2) is 6.03 Å². The SMILES string of the molecule is Cc1cc(OCc2c(C)cccc2N(N)C(=O)NN)cc(-c2ccccc2)c1. The van der Waals surface area contributed by atoms with E-state index in [0.29, 0.717) is 5.69 Å². The monoisotopic (exact) mass is 376 g/mol. The number of anilines is 1. The molecule has 0 aliphatic heterocycles. The normalized spacial score (nSPS) is 10.4. The number of aryl methyl sites for hydroxylation is 2. The zero-order chi connectivity index (χ0) is 20.1. The topological polar surface area (TPSA) is 93.6 Å². The second-order valence-electron chi connectivity index (χ2n) is 6.58. The quantitative estimate of drug-likeness (QED) is 0.358. The van der Waals surface area contributed by atoms with Crippen LogP contribution in [0, 0.1) is 13.8 Å². The molecule has 6 heteroatoms. The zero-order valence-corrected chi connectivity index (χ0v) is 16.0. The maximum Gasteiger partial charge on any atom is 0.350 e. The predicted molar refractivity (Wildman–Crippen MR) is 112 cm³/mol. The van der Waals surface area contributed by atoms with Crippen molar-refractivity contribution in [3.8, 4) is 16.9 Å². The van der Waals surface area contributed by atoms with Gasteiger partial charge >= 0.3 is 6.03 Å². The summed E-state index contributed by atoms with van der Waals surface area (Å²) in [7, 11) is 0. The van der Waals surface area contributed by atoms with Crippen LogP contribution < -0.4 is 26.9 Å². The van der Waals surface area contributed by atoms with E-state index in [1.54, 1.807) is 6.07 Å². The summed E-state index contributed by atoms with van der Waals surface area (Å²) in [6, 6.07) is 21.2. The number of nitrogens with zero attached hydrogens (tertiary/aromatic N) is 1. The summed E-state index contributed by atoms with van der Waals surface area (Å²) < 4.78 is 6.07. The molecule has 0 atom stereocenters. The number of urea groups is 1. The van der Waals surface area contributed by atoms with E-state index in [9.17, 15) is 4.79 Å². The van der Waals surface area contributed by atoms with E-state index in [1.165, 1.54) is 0 Å². The van der Waals surface area contributed by atoms with E-state index in [2.05, 4.69) is 18.2 Å². The lowest BCUT2D eigenvalue weighted by Gasteiger charge is -2.21. The Morgan fingerprint density at radius 1 is 1.00 bits per heavy atom. The Labute approximate surface area is 164 Å². The molecule has 28 heavy (non-hydrogen) atoms. The van der Waals surface area contributed by atoms with Gasteiger partial charge in [0.15, 0.2) is 0 Å². The number of hydrogen-bond acceptors (Lipinski definition) is 4. The van der Waals surface area contributed by atoms with Gasteiger partial charge in [0.1, 0.15) is 12.4 Å². The summed E-state index contributed by atoms with van der Waals surface area (Å²) in [5.41, 5.74) is 7.67. The van der Waals surface area contributed by atoms with Gasteiger partial charge in [-0.05, 0) is 54.3 Å². The number of benzene rings is 3. The third-order valence-electron chi connectivity index (χ3n) is 4.53. The minimum Gasteiger partial charge on any atom is -0.489 e. The molecule has 3 aromatic rings. The average Bonchev–Trinajstić information content (AvgIpc) is 2.71. The number of rotatable bonds is 5. The zero-order valence-electron chi connectivity index (χ0n) is 16.0. The van der Waals surface area contributed by atoms with Crippen LogP contribution in [-0.2, 0) is 6.61 Å². The highest BCUT2D eigenvalue weighted by atomic mass is 16.5. The second kappa shape index (κ2) is 8.56. The van der Waals surface area contributed by atoms with Gasteiger partial charge in [-0.1, -0.05) is 48.5 Å². The third kappa shape index (κ3) is 4.31. The highest BCUT2D eigenvalue weighted by molar-refractivity contribution is 5.91. The molecule has 0 aliphatic carbocycles. The molecule has 0 radical (unpaired) electrons. The molecule has 2 amide bonds. The number of nitrogens with one attached hydrogen (secondary N) is 1. The highest BCUT2D eigenvalue weighted by Crippen LogP contribution is 2.28. The molecule has 0 aliphatic rings. The largest absolute Gasteiger partial charge is 0.489 e. The molecule has 0 saturated heterocycles. The van der Waals surface area contributed by atoms with Crippen LogP contribution in [0.2, 0.25) is 0 Å². The van der Waals surface area contributed by atoms with Gasteiger partial charge < -0.3 is 4.74 Å². The van der Waals surface area contributed by atoms with Crippen molar-refractivity contribution in [2.75, 3.05) is 5.01 Å². The molecule has 0 saturated carbocycles. The minimum absolute atomic E-state index is 0.269. The molecule has 3 aromatic carbocycles. The maximum atomic E-state index is 11.8. The van der Waals surface area contributed by atoms with E-state index >= 15 is 0 Å². The first-order chi connectivity index (χ1) is 13.5. The van der Waals surface area contributed by atoms with Crippen molar-refractivity contribution >= 4 is 11.7 Å². The van der Waals surface area contributed by atoms with E-state index in [0.717, 1.165) is 38.6 Å². The van der Waals surface area contributed by atoms with Crippen LogP contribution in [0.4, 0.5) is 10.5 Å². The lowest BCUT2D eigenvalue weighted by Crippen LogP contribution is -2.48. The van der Waals surface area contributed by atoms with Crippen LogP contribution in [0.3, 0.4) is 0 Å². The summed E-state index contributed by atoms with van der Waals surface area (Å²) >= 11 is 0. The van der Waals surface area contributed by atoms with Crippen molar-refractivity contribution in [3.63, 3.8) is 0 Å². The lowest BCUT2D eigenvalue weighted by molar-refractivity contribution is 0.246. The number of hydrazine groups is 2. The van der Waals surface area contributed by atoms with E-state index < -0.39 is 6.03 Å². The Kier molecular flexibility index (Phi) is 5.93. The average molecular weight is 376 g/mol. The second-order valence-corrected chi connectivity index (χ2v) is 6.58. The fourth-order valence-electron chi connectivity index (χ4n) is 3.06. The number of hydrogen-bond donors (Lipinski definition) is 3. The van der Waals surface area contributed by atoms with Gasteiger partial charge in [-0.3, -0.25) is 5.43 Å². The summed E-state index contributed by atoms with van der Waals surface area (Å²) in [4.78, 5) is 11.8. The maximum absolute atomic E-state index is 11.8. The summed E-state index contributed by atoms with van der Waals surface area (Å²) in [6.07, 6.45) is 0. The molecular weight excluding hydrogens is 352 g/mol. The Bertz CT molecular complexity index is 974. The van der Waals surface area contributed by atoms with Gasteiger partial charge in [-0.15, -0.1) is 0 Å². The van der Waals surface area contributed by atoms with Crippen LogP contribution in [0.25, 0.3) is 11.1 Å². The first-order valence-electron chi connectivity index (χ1n) is 8.93. The summed E-state index contributed by atoms with van der Waals surface area (Å²) in [5.74, 6) is 11.8. The van der Waals surface area contributed by atoms with Crippen molar-refractivity contribution in [1.29, 1.82) is 0 Å². The number of nitrogens with two attached hydrogens (primary N) is 2. The van der Waals surface area contributed by atoms with Crippen LogP contribution in [0.5, 0.6) is 5.75 Å². The predicted octanol–water partition coefficient (Wildman–Crippen LogP) is 3.81. The van der Waals surface area contributed by atoms with Gasteiger partial charge in [-0.2, -0.15) is 0 Å². The molecule has 0 aromatic heterocycles. The molecule has 0 spiro atoms. The van der Waals surface area contributed by atoms with Gasteiger partial charge in [0.25, 0.3) is 0 Å². The molecule has 0 bridgehead atoms. The minimum atomic E-state index is -0.603. The highest BCUT2D eigenvalue weighted by Gasteiger charge is 2.16. The number of carbonyl (C=O) groups is 1. The van der Waals surface area contributed by atoms with Crippen molar-refractivity contribution in [1.82, 2.24) is 5.43 Å². The van der Waals surface area contributed by atoms with Gasteiger partial charge in [-0.25, -0.2) is 21.5 Å². The first-order valence-corrected chi connectivity index (χ1v) is 8.93. The molecule has 0 unspecified atom stereocenters. The first kappa shape index (κ1) is 19.4. The molecule has 6 nitrogen and oxygen atoms in total. The third-order valence-corrected chi connectivity index (χ3v) is 4.53. The Morgan fingerprint density at radius 3 is 2.46 bits per heavy atom. The Morgan fingerprint density at radius 2 is 1.75 bits per heavy atom. The van der Waals surface area contributed by atoms with Crippen LogP contribution >= 0.6 is 0 Å². The standard InChI is InChI=1S/C22H24N4O2/c1-15-11-18(17-8-4-3-5-9-17)13-19(12-15)28-14-20-16(2)7-6-10-21(20)26(24)22(27)25-23/h3-13H,14,23-24H2,1-2H3,(H,25,27). The van der Waals surface area contributed by atoms with Crippen LogP contribution in [0.15, 0.2) is 66.7 Å². The number of carbonyl (C=O) groups excluding carboxylic acids is 1. The lowest BCUT2D eigenvalue weighted by atomic mass is 10.0. The molecular formula is C22H24N4O2. The number of amides is 2. The summed E-state index contributed by atoms with van der Waals surface area (Å²) in [5, 5.41) is 0.983. The summed E-state index contributed by atoms with van der Waals surface area (Å²) in [6.45, 7) is 4.25. The Balaban J connectivity index is 1.87. The smallest absolute Gasteiger partial charge is 0.350 e. The van der Waals surface area contributed by atoms with Crippen molar-refractivity contribution < 1.29 is 9.53 Å². The van der Waals surface area contributed by atoms with E-state index in [4.69, 9.17) is 16.4 Å².